The molecular formula is C14H14BrClFN3O2. The van der Waals surface area contributed by atoms with Crippen LogP contribution in [0.25, 0.3) is 0 Å². The number of nitrogens with two attached hydrogens (primary N) is 1. The zero-order chi connectivity index (χ0) is 15.6. The third kappa shape index (κ3) is 3.86. The molecule has 2 rings (SSSR count). The Morgan fingerprint density at radius 1 is 1.45 bits per heavy atom. The van der Waals surface area contributed by atoms with Crippen LogP contribution < -0.4 is 16.0 Å². The molecule has 2 aromatic rings. The second-order valence-electron chi connectivity index (χ2n) is 4.37. The number of ether oxygens (including phenoxy) is 1. The van der Waals surface area contributed by atoms with Crippen LogP contribution in [0.15, 0.2) is 30.5 Å². The summed E-state index contributed by atoms with van der Waals surface area (Å²) in [5.41, 5.74) is 5.35. The van der Waals surface area contributed by atoms with Gasteiger partial charge in [-0.1, -0.05) is 11.6 Å². The van der Waals surface area contributed by atoms with Crippen molar-refractivity contribution in [1.29, 1.82) is 5.41 Å². The number of aromatic nitrogens is 1. The monoisotopic (exact) mass is 389 g/mol. The molecule has 0 saturated heterocycles. The number of hydrogen-bond acceptors (Lipinski definition) is 3. The summed E-state index contributed by atoms with van der Waals surface area (Å²) in [7, 11) is 1.48. The Morgan fingerprint density at radius 3 is 2.73 bits per heavy atom. The van der Waals surface area contributed by atoms with E-state index in [0.29, 0.717) is 11.3 Å². The van der Waals surface area contributed by atoms with Crippen molar-refractivity contribution in [3.05, 3.63) is 57.9 Å². The van der Waals surface area contributed by atoms with Gasteiger partial charge in [0, 0.05) is 11.8 Å². The van der Waals surface area contributed by atoms with E-state index in [1.165, 1.54) is 42.1 Å². The van der Waals surface area contributed by atoms with Crippen LogP contribution in [-0.4, -0.2) is 17.6 Å². The number of pyridine rings is 1. The number of carbonyl (C=O) groups excluding carboxylic acids is 1. The predicted molar refractivity (Wildman–Crippen MR) is 86.2 cm³/mol. The van der Waals surface area contributed by atoms with Crippen LogP contribution in [-0.2, 0) is 6.54 Å². The summed E-state index contributed by atoms with van der Waals surface area (Å²) in [5.74, 6) is -0.707. The van der Waals surface area contributed by atoms with Crippen molar-refractivity contribution in [1.82, 2.24) is 4.57 Å². The average Bonchev–Trinajstić information content (AvgIpc) is 2.44. The summed E-state index contributed by atoms with van der Waals surface area (Å²) in [6.45, 7) is 0.0305. The smallest absolute Gasteiger partial charge is 0.252 e. The molecule has 0 unspecified atom stereocenters. The van der Waals surface area contributed by atoms with E-state index in [2.05, 4.69) is 0 Å². The summed E-state index contributed by atoms with van der Waals surface area (Å²) in [6.07, 6.45) is 1.44. The zero-order valence-electron chi connectivity index (χ0n) is 11.6. The standard InChI is InChI=1S/C14H13ClFN3O2.BrH/c1-21-10-2-3-12(16)8(4-10)6-19-7-9(15)5-11(13(19)17)14(18)20;/h2-5,7,17H,6H2,1H3,(H2,18,20);1H. The van der Waals surface area contributed by atoms with Crippen LogP contribution in [0.4, 0.5) is 4.39 Å². The molecule has 22 heavy (non-hydrogen) atoms. The molecule has 0 aliphatic carbocycles. The minimum atomic E-state index is -0.762. The van der Waals surface area contributed by atoms with Crippen molar-refractivity contribution in [3.8, 4) is 5.75 Å². The van der Waals surface area contributed by atoms with Gasteiger partial charge in [-0.15, -0.1) is 17.0 Å². The quantitative estimate of drug-likeness (QED) is 0.841. The van der Waals surface area contributed by atoms with Crippen molar-refractivity contribution in [3.63, 3.8) is 0 Å². The van der Waals surface area contributed by atoms with Crippen molar-refractivity contribution >= 4 is 34.5 Å². The van der Waals surface area contributed by atoms with Gasteiger partial charge < -0.3 is 15.0 Å². The number of nitrogens with one attached hydrogen (secondary N) is 1. The summed E-state index contributed by atoms with van der Waals surface area (Å²) >= 11 is 5.90. The third-order valence-corrected chi connectivity index (χ3v) is 3.17. The highest BCUT2D eigenvalue weighted by Gasteiger charge is 2.11. The first-order valence-corrected chi connectivity index (χ1v) is 6.37. The molecule has 5 nitrogen and oxygen atoms in total. The minimum absolute atomic E-state index is 0. The van der Waals surface area contributed by atoms with Crippen molar-refractivity contribution in [2.24, 2.45) is 5.73 Å². The van der Waals surface area contributed by atoms with Gasteiger partial charge in [0.25, 0.3) is 5.91 Å². The van der Waals surface area contributed by atoms with E-state index < -0.39 is 11.7 Å². The zero-order valence-corrected chi connectivity index (χ0v) is 14.1. The van der Waals surface area contributed by atoms with Crippen LogP contribution in [0.5, 0.6) is 5.75 Å². The first-order chi connectivity index (χ1) is 9.92. The Morgan fingerprint density at radius 2 is 2.14 bits per heavy atom. The SMILES string of the molecule is Br.COc1ccc(F)c(Cn2cc(Cl)cc(C(N)=O)c2=N)c1. The molecule has 1 aromatic carbocycles. The maximum absolute atomic E-state index is 13.8. The number of halogens is 3. The Hall–Kier alpha value is -1.86. The third-order valence-electron chi connectivity index (χ3n) is 2.96. The lowest BCUT2D eigenvalue weighted by molar-refractivity contribution is 0.0998. The van der Waals surface area contributed by atoms with Gasteiger partial charge >= 0.3 is 0 Å². The van der Waals surface area contributed by atoms with E-state index in [1.807, 2.05) is 0 Å². The molecule has 1 heterocycles. The van der Waals surface area contributed by atoms with Crippen LogP contribution in [0.3, 0.4) is 0 Å². The summed E-state index contributed by atoms with van der Waals surface area (Å²) < 4.78 is 20.2. The number of nitrogens with zero attached hydrogens (tertiary/aromatic N) is 1. The van der Waals surface area contributed by atoms with Gasteiger partial charge in [-0.3, -0.25) is 10.2 Å². The van der Waals surface area contributed by atoms with Crippen molar-refractivity contribution in [2.45, 2.75) is 6.54 Å². The molecule has 0 saturated carbocycles. The van der Waals surface area contributed by atoms with E-state index >= 15 is 0 Å². The molecule has 0 spiro atoms. The Bertz CT molecular complexity index is 764. The van der Waals surface area contributed by atoms with Crippen LogP contribution >= 0.6 is 28.6 Å². The fourth-order valence-corrected chi connectivity index (χ4v) is 2.13. The fourth-order valence-electron chi connectivity index (χ4n) is 1.91. The van der Waals surface area contributed by atoms with E-state index in [1.54, 1.807) is 0 Å². The summed E-state index contributed by atoms with van der Waals surface area (Å²) in [4.78, 5) is 11.3. The number of primary amides is 1. The maximum Gasteiger partial charge on any atom is 0.252 e. The topological polar surface area (TPSA) is 81.1 Å². The normalized spacial score (nSPS) is 9.95. The first-order valence-electron chi connectivity index (χ1n) is 5.99. The Balaban J connectivity index is 0.00000242. The molecule has 118 valence electrons. The number of carbonyl (C=O) groups is 1. The molecule has 0 radical (unpaired) electrons. The molecule has 1 amide bonds. The van der Waals surface area contributed by atoms with E-state index in [-0.39, 0.29) is 39.6 Å². The number of rotatable bonds is 4. The van der Waals surface area contributed by atoms with Gasteiger partial charge in [-0.25, -0.2) is 4.39 Å². The molecule has 0 atom stereocenters. The van der Waals surface area contributed by atoms with Crippen LogP contribution in [0.2, 0.25) is 5.02 Å². The highest BCUT2D eigenvalue weighted by Crippen LogP contribution is 2.18. The van der Waals surface area contributed by atoms with Crippen molar-refractivity contribution < 1.29 is 13.9 Å². The van der Waals surface area contributed by atoms with Gasteiger partial charge in [-0.2, -0.15) is 0 Å². The van der Waals surface area contributed by atoms with E-state index in [9.17, 15) is 9.18 Å². The molecule has 0 fully saturated rings. The number of benzene rings is 1. The Kier molecular flexibility index (Phi) is 6.13. The molecule has 1 aromatic heterocycles. The van der Waals surface area contributed by atoms with Crippen molar-refractivity contribution in [2.75, 3.05) is 7.11 Å². The lowest BCUT2D eigenvalue weighted by atomic mass is 10.2. The number of hydrogen-bond donors (Lipinski definition) is 2. The lowest BCUT2D eigenvalue weighted by Gasteiger charge is -2.11. The minimum Gasteiger partial charge on any atom is -0.497 e. The van der Waals surface area contributed by atoms with Gasteiger partial charge in [0.05, 0.1) is 24.2 Å². The van der Waals surface area contributed by atoms with Crippen LogP contribution in [0, 0.1) is 11.2 Å². The van der Waals surface area contributed by atoms with E-state index in [0.717, 1.165) is 0 Å². The number of amides is 1. The first kappa shape index (κ1) is 18.2. The van der Waals surface area contributed by atoms with Gasteiger partial charge in [0.2, 0.25) is 0 Å². The second-order valence-corrected chi connectivity index (χ2v) is 4.81. The molecular weight excluding hydrogens is 377 g/mol. The predicted octanol–water partition coefficient (Wildman–Crippen LogP) is 2.49. The summed E-state index contributed by atoms with van der Waals surface area (Å²) in [6, 6.07) is 5.60. The lowest BCUT2D eigenvalue weighted by Crippen LogP contribution is -2.30. The average molecular weight is 391 g/mol. The fraction of sp³-hybridized carbons (Fsp3) is 0.143. The molecule has 8 heteroatoms. The van der Waals surface area contributed by atoms with Gasteiger partial charge in [-0.05, 0) is 24.3 Å². The van der Waals surface area contributed by atoms with Crippen LogP contribution in [0.1, 0.15) is 15.9 Å². The van der Waals surface area contributed by atoms with Gasteiger partial charge in [0.15, 0.2) is 0 Å². The maximum atomic E-state index is 13.8. The largest absolute Gasteiger partial charge is 0.497 e. The highest BCUT2D eigenvalue weighted by molar-refractivity contribution is 8.93. The van der Waals surface area contributed by atoms with E-state index in [4.69, 9.17) is 27.5 Å². The second kappa shape index (κ2) is 7.42. The Labute approximate surface area is 141 Å². The molecule has 0 aliphatic heterocycles. The number of methoxy groups -OCH3 is 1. The summed E-state index contributed by atoms with van der Waals surface area (Å²) in [5, 5.41) is 8.18. The highest BCUT2D eigenvalue weighted by atomic mass is 79.9. The molecule has 0 aliphatic rings. The van der Waals surface area contributed by atoms with Gasteiger partial charge in [0.1, 0.15) is 17.1 Å². The molecule has 3 N–H and O–H groups in total. The molecule has 0 bridgehead atoms.